The van der Waals surface area contributed by atoms with Gasteiger partial charge >= 0.3 is 0 Å². The highest BCUT2D eigenvalue weighted by atomic mass is 127. The van der Waals surface area contributed by atoms with Crippen molar-refractivity contribution in [3.63, 3.8) is 0 Å². The van der Waals surface area contributed by atoms with Gasteiger partial charge in [-0.1, -0.05) is 26.7 Å². The zero-order chi connectivity index (χ0) is 18.9. The zero-order valence-electron chi connectivity index (χ0n) is 18.4. The fraction of sp³-hybridized carbons (Fsp3) is 0.952. The number of rotatable bonds is 7. The molecule has 1 aliphatic heterocycles. The fourth-order valence-corrected chi connectivity index (χ4v) is 4.31. The molecule has 0 aromatic heterocycles. The van der Waals surface area contributed by atoms with Gasteiger partial charge in [0.05, 0.1) is 6.54 Å². The Morgan fingerprint density at radius 3 is 2.30 bits per heavy atom. The summed E-state index contributed by atoms with van der Waals surface area (Å²) in [5.74, 6) is 2.84. The Balaban J connectivity index is 0.00000364. The maximum absolute atomic E-state index is 4.98. The maximum atomic E-state index is 4.98. The van der Waals surface area contributed by atoms with Crippen LogP contribution in [0.25, 0.3) is 0 Å². The molecule has 160 valence electrons. The van der Waals surface area contributed by atoms with Gasteiger partial charge < -0.3 is 15.1 Å². The first-order valence-corrected chi connectivity index (χ1v) is 11.0. The van der Waals surface area contributed by atoms with Crippen molar-refractivity contribution in [3.8, 4) is 0 Å². The average Bonchev–Trinajstić information content (AvgIpc) is 2.66. The number of halogens is 1. The first-order valence-electron chi connectivity index (χ1n) is 11.0. The summed E-state index contributed by atoms with van der Waals surface area (Å²) in [4.78, 5) is 12.5. The van der Waals surface area contributed by atoms with Crippen molar-refractivity contribution < 1.29 is 0 Å². The van der Waals surface area contributed by atoms with E-state index in [1.54, 1.807) is 0 Å². The minimum atomic E-state index is 0. The van der Waals surface area contributed by atoms with Gasteiger partial charge in [0, 0.05) is 52.4 Å². The third kappa shape index (κ3) is 8.44. The second-order valence-electron chi connectivity index (χ2n) is 8.52. The van der Waals surface area contributed by atoms with Crippen LogP contribution in [0.1, 0.15) is 53.4 Å². The van der Waals surface area contributed by atoms with Crippen molar-refractivity contribution in [1.82, 2.24) is 20.0 Å². The van der Waals surface area contributed by atoms with Crippen LogP contribution < -0.4 is 5.32 Å². The molecule has 5 nitrogen and oxygen atoms in total. The molecule has 0 bridgehead atoms. The summed E-state index contributed by atoms with van der Waals surface area (Å²) < 4.78 is 0. The average molecular weight is 494 g/mol. The van der Waals surface area contributed by atoms with Gasteiger partial charge in [-0.25, -0.2) is 0 Å². The van der Waals surface area contributed by atoms with E-state index in [1.807, 2.05) is 0 Å². The molecule has 1 saturated carbocycles. The van der Waals surface area contributed by atoms with Gasteiger partial charge in [0.15, 0.2) is 5.96 Å². The summed E-state index contributed by atoms with van der Waals surface area (Å²) in [7, 11) is 2.21. The summed E-state index contributed by atoms with van der Waals surface area (Å²) in [5.41, 5.74) is 0. The predicted octanol–water partition coefficient (Wildman–Crippen LogP) is 3.35. The van der Waals surface area contributed by atoms with Crippen molar-refractivity contribution in [2.24, 2.45) is 16.8 Å². The summed E-state index contributed by atoms with van der Waals surface area (Å²) in [6.07, 6.45) is 5.55. The minimum absolute atomic E-state index is 0. The van der Waals surface area contributed by atoms with Gasteiger partial charge in [-0.3, -0.25) is 9.89 Å². The lowest BCUT2D eigenvalue weighted by Gasteiger charge is -2.37. The van der Waals surface area contributed by atoms with Crippen molar-refractivity contribution in [1.29, 1.82) is 0 Å². The maximum Gasteiger partial charge on any atom is 0.193 e. The van der Waals surface area contributed by atoms with E-state index < -0.39 is 0 Å². The largest absolute Gasteiger partial charge is 0.357 e. The molecule has 0 amide bonds. The molecule has 2 aliphatic rings. The van der Waals surface area contributed by atoms with Crippen molar-refractivity contribution in [2.45, 2.75) is 59.4 Å². The molecule has 1 atom stereocenters. The number of aliphatic imine (C=N–C) groups is 1. The van der Waals surface area contributed by atoms with Crippen molar-refractivity contribution in [3.05, 3.63) is 0 Å². The molecule has 2 fully saturated rings. The molecule has 0 spiro atoms. The molecule has 1 aliphatic carbocycles. The zero-order valence-corrected chi connectivity index (χ0v) is 20.7. The van der Waals surface area contributed by atoms with Gasteiger partial charge in [0.1, 0.15) is 0 Å². The Labute approximate surface area is 185 Å². The van der Waals surface area contributed by atoms with Crippen LogP contribution in [-0.4, -0.2) is 86.1 Å². The van der Waals surface area contributed by atoms with Gasteiger partial charge in [0.25, 0.3) is 0 Å². The number of nitrogens with one attached hydrogen (secondary N) is 1. The van der Waals surface area contributed by atoms with E-state index >= 15 is 0 Å². The van der Waals surface area contributed by atoms with Gasteiger partial charge in [0.2, 0.25) is 0 Å². The monoisotopic (exact) mass is 493 g/mol. The normalized spacial score (nSPS) is 26.3. The number of piperazine rings is 1. The molecule has 1 saturated heterocycles. The number of likely N-dealkylation sites (N-methyl/N-ethyl adjacent to an activating group) is 1. The lowest BCUT2D eigenvalue weighted by molar-refractivity contribution is 0.109. The molecule has 0 aromatic rings. The van der Waals surface area contributed by atoms with E-state index in [-0.39, 0.29) is 24.0 Å². The Morgan fingerprint density at radius 1 is 1.11 bits per heavy atom. The van der Waals surface area contributed by atoms with Crippen LogP contribution in [0.2, 0.25) is 0 Å². The molecular weight excluding hydrogens is 449 g/mol. The minimum Gasteiger partial charge on any atom is -0.357 e. The van der Waals surface area contributed by atoms with Gasteiger partial charge in [-0.05, 0) is 45.1 Å². The quantitative estimate of drug-likeness (QED) is 0.335. The molecule has 27 heavy (non-hydrogen) atoms. The van der Waals surface area contributed by atoms with Crippen LogP contribution in [0.15, 0.2) is 4.99 Å². The number of nitrogens with zero attached hydrogens (tertiary/aromatic N) is 4. The fourth-order valence-electron chi connectivity index (χ4n) is 4.31. The van der Waals surface area contributed by atoms with E-state index in [0.717, 1.165) is 37.4 Å². The van der Waals surface area contributed by atoms with Crippen LogP contribution in [0.5, 0.6) is 0 Å². The lowest BCUT2D eigenvalue weighted by atomic mass is 9.83. The van der Waals surface area contributed by atoms with Crippen LogP contribution in [0.4, 0.5) is 0 Å². The van der Waals surface area contributed by atoms with Gasteiger partial charge in [-0.15, -0.1) is 24.0 Å². The Morgan fingerprint density at radius 2 is 1.74 bits per heavy atom. The summed E-state index contributed by atoms with van der Waals surface area (Å²) in [5, 5.41) is 3.50. The third-order valence-electron chi connectivity index (χ3n) is 6.35. The van der Waals surface area contributed by atoms with Crippen LogP contribution >= 0.6 is 24.0 Å². The molecule has 1 unspecified atom stereocenters. The topological polar surface area (TPSA) is 34.1 Å². The first-order chi connectivity index (χ1) is 12.5. The molecule has 6 heteroatoms. The van der Waals surface area contributed by atoms with Crippen LogP contribution in [0.3, 0.4) is 0 Å². The highest BCUT2D eigenvalue weighted by molar-refractivity contribution is 14.0. The second kappa shape index (κ2) is 13.2. The number of hydrogen-bond acceptors (Lipinski definition) is 3. The summed E-state index contributed by atoms with van der Waals surface area (Å²) in [6, 6.07) is 0.520. The second-order valence-corrected chi connectivity index (χ2v) is 8.52. The number of guanidine groups is 1. The van der Waals surface area contributed by atoms with Crippen molar-refractivity contribution in [2.75, 3.05) is 59.4 Å². The van der Waals surface area contributed by atoms with Gasteiger partial charge in [-0.2, -0.15) is 0 Å². The van der Waals surface area contributed by atoms with E-state index in [2.05, 4.69) is 54.8 Å². The first kappa shape index (κ1) is 25.0. The Bertz CT molecular complexity index is 415. The number of hydrogen-bond donors (Lipinski definition) is 1. The van der Waals surface area contributed by atoms with E-state index in [9.17, 15) is 0 Å². The molecule has 0 radical (unpaired) electrons. The Kier molecular flexibility index (Phi) is 12.2. The standard InChI is InChI=1S/C21H43N5.HI/c1-6-22-21(24(5)17-20-10-8-18(3)9-11-20)23-16-19(4)26-14-12-25(7-2)13-15-26;/h18-20H,6-17H2,1-5H3,(H,22,23);1H. The Hall–Kier alpha value is -0.0800. The van der Waals surface area contributed by atoms with E-state index in [1.165, 1.54) is 58.4 Å². The van der Waals surface area contributed by atoms with E-state index in [4.69, 9.17) is 4.99 Å². The summed E-state index contributed by atoms with van der Waals surface area (Å²) >= 11 is 0. The molecule has 2 rings (SSSR count). The molecular formula is C21H44IN5. The van der Waals surface area contributed by atoms with Crippen LogP contribution in [-0.2, 0) is 0 Å². The lowest BCUT2D eigenvalue weighted by Crippen LogP contribution is -2.50. The SMILES string of the molecule is CCNC(=NCC(C)N1CCN(CC)CC1)N(C)CC1CCC(C)CC1.I. The third-order valence-corrected chi connectivity index (χ3v) is 6.35. The molecule has 0 aromatic carbocycles. The molecule has 1 heterocycles. The molecule has 1 N–H and O–H groups in total. The summed E-state index contributed by atoms with van der Waals surface area (Å²) in [6.45, 7) is 18.1. The van der Waals surface area contributed by atoms with Crippen molar-refractivity contribution >= 4 is 29.9 Å². The highest BCUT2D eigenvalue weighted by Gasteiger charge is 2.22. The highest BCUT2D eigenvalue weighted by Crippen LogP contribution is 2.28. The smallest absolute Gasteiger partial charge is 0.193 e. The van der Waals surface area contributed by atoms with E-state index in [0.29, 0.717) is 6.04 Å². The van der Waals surface area contributed by atoms with Crippen LogP contribution in [0, 0.1) is 11.8 Å². The predicted molar refractivity (Wildman–Crippen MR) is 128 cm³/mol.